The Balaban J connectivity index is 1.72. The third-order valence-corrected chi connectivity index (χ3v) is 7.26. The van der Waals surface area contributed by atoms with Crippen LogP contribution in [0.1, 0.15) is 42.3 Å². The van der Waals surface area contributed by atoms with Gasteiger partial charge in [-0.25, -0.2) is 8.42 Å². The van der Waals surface area contributed by atoms with Gasteiger partial charge in [-0.05, 0) is 62.2 Å². The standard InChI is InChI=1S/C24H33N3O3S/c1-5-26(6-2)22(15-19-10-8-7-9-11-19)17-25-24(28)20-12-13-23-21(16-20)14-18(3)27(23)31(4,29)30/h7-13,16,18,22H,5-6,14-15,17H2,1-4H3,(H,25,28). The summed E-state index contributed by atoms with van der Waals surface area (Å²) in [5, 5.41) is 3.10. The first kappa shape index (κ1) is 23.3. The van der Waals surface area contributed by atoms with Gasteiger partial charge in [0.15, 0.2) is 0 Å². The Morgan fingerprint density at radius 1 is 1.16 bits per heavy atom. The zero-order valence-electron chi connectivity index (χ0n) is 18.8. The Hall–Kier alpha value is -2.38. The van der Waals surface area contributed by atoms with Crippen molar-refractivity contribution in [1.29, 1.82) is 0 Å². The first-order chi connectivity index (χ1) is 14.7. The first-order valence-corrected chi connectivity index (χ1v) is 12.8. The Morgan fingerprint density at radius 3 is 2.45 bits per heavy atom. The van der Waals surface area contributed by atoms with Gasteiger partial charge in [-0.2, -0.15) is 0 Å². The molecule has 2 unspecified atom stereocenters. The molecule has 0 radical (unpaired) electrons. The Kier molecular flexibility index (Phi) is 7.38. The van der Waals surface area contributed by atoms with E-state index in [2.05, 4.69) is 36.2 Å². The number of amides is 1. The molecule has 2 atom stereocenters. The van der Waals surface area contributed by atoms with E-state index in [1.807, 2.05) is 31.2 Å². The molecule has 1 aliphatic rings. The second-order valence-electron chi connectivity index (χ2n) is 8.23. The largest absolute Gasteiger partial charge is 0.350 e. The van der Waals surface area contributed by atoms with Crippen LogP contribution in [0.15, 0.2) is 48.5 Å². The number of nitrogens with one attached hydrogen (secondary N) is 1. The first-order valence-electron chi connectivity index (χ1n) is 10.9. The van der Waals surface area contributed by atoms with Crippen molar-refractivity contribution in [1.82, 2.24) is 10.2 Å². The van der Waals surface area contributed by atoms with Crippen LogP contribution in [0.5, 0.6) is 0 Å². The summed E-state index contributed by atoms with van der Waals surface area (Å²) in [6.45, 7) is 8.55. The molecule has 1 amide bonds. The Morgan fingerprint density at radius 2 is 1.84 bits per heavy atom. The van der Waals surface area contributed by atoms with Crippen molar-refractivity contribution in [3.63, 3.8) is 0 Å². The zero-order valence-corrected chi connectivity index (χ0v) is 19.7. The van der Waals surface area contributed by atoms with Crippen LogP contribution in [-0.4, -0.2) is 57.2 Å². The third kappa shape index (κ3) is 5.46. The SMILES string of the molecule is CCN(CC)C(CNC(=O)c1ccc2c(c1)CC(C)N2S(C)(=O)=O)Cc1ccccc1. The summed E-state index contributed by atoms with van der Waals surface area (Å²) in [6, 6.07) is 15.7. The molecule has 1 N–H and O–H groups in total. The lowest BCUT2D eigenvalue weighted by Crippen LogP contribution is -2.45. The van der Waals surface area contributed by atoms with Crippen molar-refractivity contribution < 1.29 is 13.2 Å². The van der Waals surface area contributed by atoms with Crippen molar-refractivity contribution in [2.24, 2.45) is 0 Å². The lowest BCUT2D eigenvalue weighted by atomic mass is 10.0. The van der Waals surface area contributed by atoms with Crippen LogP contribution < -0.4 is 9.62 Å². The molecule has 7 heteroatoms. The molecule has 168 valence electrons. The summed E-state index contributed by atoms with van der Waals surface area (Å²) in [7, 11) is -3.34. The number of carbonyl (C=O) groups is 1. The molecule has 0 bridgehead atoms. The van der Waals surface area contributed by atoms with E-state index in [-0.39, 0.29) is 18.0 Å². The molecule has 6 nitrogen and oxygen atoms in total. The van der Waals surface area contributed by atoms with Gasteiger partial charge in [0.2, 0.25) is 10.0 Å². The molecule has 0 spiro atoms. The van der Waals surface area contributed by atoms with E-state index >= 15 is 0 Å². The summed E-state index contributed by atoms with van der Waals surface area (Å²) in [5.41, 5.74) is 3.40. The molecule has 1 heterocycles. The number of carbonyl (C=O) groups excluding carboxylic acids is 1. The Labute approximate surface area is 186 Å². The number of hydrogen-bond donors (Lipinski definition) is 1. The molecular formula is C24H33N3O3S. The van der Waals surface area contributed by atoms with Gasteiger partial charge in [0, 0.05) is 24.2 Å². The number of anilines is 1. The van der Waals surface area contributed by atoms with Crippen molar-refractivity contribution in [2.75, 3.05) is 30.2 Å². The fourth-order valence-corrected chi connectivity index (χ4v) is 5.78. The molecule has 0 fully saturated rings. The van der Waals surface area contributed by atoms with Crippen molar-refractivity contribution in [2.45, 2.75) is 45.7 Å². The highest BCUT2D eigenvalue weighted by Crippen LogP contribution is 2.34. The van der Waals surface area contributed by atoms with Crippen LogP contribution in [0.2, 0.25) is 0 Å². The van der Waals surface area contributed by atoms with Crippen LogP contribution >= 0.6 is 0 Å². The number of sulfonamides is 1. The van der Waals surface area contributed by atoms with Crippen molar-refractivity contribution in [3.8, 4) is 0 Å². The van der Waals surface area contributed by atoms with Crippen molar-refractivity contribution in [3.05, 3.63) is 65.2 Å². The van der Waals surface area contributed by atoms with Crippen molar-refractivity contribution >= 4 is 21.6 Å². The average Bonchev–Trinajstić information content (AvgIpc) is 3.08. The van der Waals surface area contributed by atoms with Crippen LogP contribution in [0.25, 0.3) is 0 Å². The molecule has 1 aliphatic heterocycles. The fourth-order valence-electron chi connectivity index (χ4n) is 4.52. The normalized spacial score (nSPS) is 16.9. The van der Waals surface area contributed by atoms with E-state index in [9.17, 15) is 13.2 Å². The molecule has 2 aromatic carbocycles. The van der Waals surface area contributed by atoms with Crippen LogP contribution in [-0.2, 0) is 22.9 Å². The summed E-state index contributed by atoms with van der Waals surface area (Å²) in [4.78, 5) is 15.3. The van der Waals surface area contributed by atoms with E-state index in [0.717, 1.165) is 25.1 Å². The van der Waals surface area contributed by atoms with Gasteiger partial charge in [-0.3, -0.25) is 14.0 Å². The van der Waals surface area contributed by atoms with Gasteiger partial charge in [0.05, 0.1) is 11.9 Å². The molecule has 0 aliphatic carbocycles. The summed E-state index contributed by atoms with van der Waals surface area (Å²) < 4.78 is 25.7. The molecule has 3 rings (SSSR count). The number of nitrogens with zero attached hydrogens (tertiary/aromatic N) is 2. The Bertz CT molecular complexity index is 1000. The van der Waals surface area contributed by atoms with E-state index in [1.165, 1.54) is 16.1 Å². The number of likely N-dealkylation sites (N-methyl/N-ethyl adjacent to an activating group) is 1. The molecule has 2 aromatic rings. The summed E-state index contributed by atoms with van der Waals surface area (Å²) >= 11 is 0. The third-order valence-electron chi connectivity index (χ3n) is 5.99. The fraction of sp³-hybridized carbons (Fsp3) is 0.458. The predicted octanol–water partition coefficient (Wildman–Crippen LogP) is 3.08. The quantitative estimate of drug-likeness (QED) is 0.647. The highest BCUT2D eigenvalue weighted by molar-refractivity contribution is 7.92. The van der Waals surface area contributed by atoms with Gasteiger partial charge >= 0.3 is 0 Å². The minimum absolute atomic E-state index is 0.126. The highest BCUT2D eigenvalue weighted by Gasteiger charge is 2.32. The minimum atomic E-state index is -3.34. The lowest BCUT2D eigenvalue weighted by molar-refractivity contribution is 0.0934. The predicted molar refractivity (Wildman–Crippen MR) is 126 cm³/mol. The number of benzene rings is 2. The van der Waals surface area contributed by atoms with E-state index in [4.69, 9.17) is 0 Å². The van der Waals surface area contributed by atoms with E-state index in [1.54, 1.807) is 12.1 Å². The molecular weight excluding hydrogens is 410 g/mol. The monoisotopic (exact) mass is 443 g/mol. The van der Waals surface area contributed by atoms with Gasteiger partial charge in [0.25, 0.3) is 5.91 Å². The van der Waals surface area contributed by atoms with Gasteiger partial charge in [-0.15, -0.1) is 0 Å². The van der Waals surface area contributed by atoms with E-state index < -0.39 is 10.0 Å². The smallest absolute Gasteiger partial charge is 0.251 e. The maximum absolute atomic E-state index is 12.9. The average molecular weight is 444 g/mol. The summed E-state index contributed by atoms with van der Waals surface area (Å²) in [6.07, 6.45) is 2.70. The molecule has 0 saturated heterocycles. The van der Waals surface area contributed by atoms with Crippen LogP contribution in [0.4, 0.5) is 5.69 Å². The second-order valence-corrected chi connectivity index (χ2v) is 10.1. The van der Waals surface area contributed by atoms with Gasteiger partial charge < -0.3 is 5.32 Å². The maximum Gasteiger partial charge on any atom is 0.251 e. The van der Waals surface area contributed by atoms with Gasteiger partial charge in [-0.1, -0.05) is 44.2 Å². The van der Waals surface area contributed by atoms with Crippen LogP contribution in [0.3, 0.4) is 0 Å². The topological polar surface area (TPSA) is 69.7 Å². The second kappa shape index (κ2) is 9.83. The highest BCUT2D eigenvalue weighted by atomic mass is 32.2. The minimum Gasteiger partial charge on any atom is -0.350 e. The number of rotatable bonds is 9. The molecule has 31 heavy (non-hydrogen) atoms. The molecule has 0 aromatic heterocycles. The van der Waals surface area contributed by atoms with Crippen LogP contribution in [0, 0.1) is 0 Å². The lowest BCUT2D eigenvalue weighted by Gasteiger charge is -2.30. The zero-order chi connectivity index (χ0) is 22.6. The van der Waals surface area contributed by atoms with E-state index in [0.29, 0.717) is 24.2 Å². The van der Waals surface area contributed by atoms with Gasteiger partial charge in [0.1, 0.15) is 0 Å². The number of hydrogen-bond acceptors (Lipinski definition) is 4. The maximum atomic E-state index is 12.9. The number of fused-ring (bicyclic) bond motifs is 1. The molecule has 0 saturated carbocycles. The summed E-state index contributed by atoms with van der Waals surface area (Å²) in [5.74, 6) is -0.126.